The summed E-state index contributed by atoms with van der Waals surface area (Å²) in [6.45, 7) is 2.74. The largest absolute Gasteiger partial charge is 0.358 e. The van der Waals surface area contributed by atoms with Crippen LogP contribution >= 0.6 is 11.8 Å². The zero-order valence-electron chi connectivity index (χ0n) is 9.58. The van der Waals surface area contributed by atoms with Crippen LogP contribution in [0.3, 0.4) is 0 Å². The Hall–Kier alpha value is -1.21. The van der Waals surface area contributed by atoms with E-state index in [2.05, 4.69) is 25.7 Å². The number of thioether (sulfide) groups is 1. The van der Waals surface area contributed by atoms with E-state index >= 15 is 0 Å². The highest BCUT2D eigenvalue weighted by molar-refractivity contribution is 7.98. The minimum atomic E-state index is 0.610. The fourth-order valence-electron chi connectivity index (χ4n) is 1.13. The van der Waals surface area contributed by atoms with E-state index in [1.165, 1.54) is 5.69 Å². The topological polar surface area (TPSA) is 91.1 Å². The van der Waals surface area contributed by atoms with Crippen molar-refractivity contribution in [3.63, 3.8) is 0 Å². The van der Waals surface area contributed by atoms with Crippen molar-refractivity contribution >= 4 is 17.7 Å². The van der Waals surface area contributed by atoms with Crippen LogP contribution in [0.25, 0.3) is 0 Å². The molecular weight excluding hydrogens is 224 g/mol. The number of hydrogen-bond acceptors (Lipinski definition) is 4. The molecule has 7 heteroatoms. The predicted molar refractivity (Wildman–Crippen MR) is 68.2 cm³/mol. The van der Waals surface area contributed by atoms with Gasteiger partial charge < -0.3 is 10.3 Å². The van der Waals surface area contributed by atoms with E-state index in [-0.39, 0.29) is 0 Å². The van der Waals surface area contributed by atoms with Gasteiger partial charge in [-0.1, -0.05) is 0 Å². The third kappa shape index (κ3) is 4.11. The minimum absolute atomic E-state index is 0.610. The van der Waals surface area contributed by atoms with Crippen LogP contribution < -0.4 is 16.6 Å². The average molecular weight is 242 g/mol. The Morgan fingerprint density at radius 3 is 3.06 bits per heavy atom. The van der Waals surface area contributed by atoms with Crippen LogP contribution in [-0.2, 0) is 5.75 Å². The summed E-state index contributed by atoms with van der Waals surface area (Å²) in [5.41, 5.74) is 4.72. The second kappa shape index (κ2) is 7.13. The number of nitrogens with one attached hydrogen (secondary N) is 3. The van der Waals surface area contributed by atoms with Gasteiger partial charge in [0.15, 0.2) is 0 Å². The highest BCUT2D eigenvalue weighted by Crippen LogP contribution is 2.11. The quantitative estimate of drug-likeness (QED) is 0.192. The molecule has 16 heavy (non-hydrogen) atoms. The maximum Gasteiger partial charge on any atom is 0.205 e. The number of nitrogens with two attached hydrogens (primary N) is 1. The van der Waals surface area contributed by atoms with Gasteiger partial charge in [0.05, 0.1) is 18.6 Å². The lowest BCUT2D eigenvalue weighted by Gasteiger charge is -2.03. The molecule has 0 aliphatic rings. The van der Waals surface area contributed by atoms with E-state index in [9.17, 15) is 0 Å². The zero-order chi connectivity index (χ0) is 11.8. The molecule has 0 spiro atoms. The molecule has 90 valence electrons. The molecule has 0 aromatic carbocycles. The van der Waals surface area contributed by atoms with E-state index in [0.29, 0.717) is 5.96 Å². The Balaban J connectivity index is 2.17. The molecule has 1 rings (SSSR count). The Morgan fingerprint density at radius 2 is 2.50 bits per heavy atom. The molecule has 0 bridgehead atoms. The van der Waals surface area contributed by atoms with Crippen LogP contribution in [-0.4, -0.2) is 35.3 Å². The summed E-state index contributed by atoms with van der Waals surface area (Å²) in [6.07, 6.45) is 1.72. The summed E-state index contributed by atoms with van der Waals surface area (Å²) in [7, 11) is 1.78. The number of aliphatic imine (C=N–C) groups is 1. The molecule has 0 atom stereocenters. The SMILES string of the molecule is CN/C(=N/CCSCc1[nH]cnc1C)NN. The monoisotopic (exact) mass is 242 g/mol. The molecule has 0 saturated heterocycles. The fourth-order valence-corrected chi connectivity index (χ4v) is 1.99. The Kier molecular flexibility index (Phi) is 5.73. The molecule has 1 aromatic rings. The molecule has 1 aromatic heterocycles. The van der Waals surface area contributed by atoms with Crippen LogP contribution in [0.5, 0.6) is 0 Å². The van der Waals surface area contributed by atoms with Gasteiger partial charge in [-0.25, -0.2) is 10.8 Å². The normalized spacial score (nSPS) is 11.6. The molecule has 0 amide bonds. The summed E-state index contributed by atoms with van der Waals surface area (Å²) in [5.74, 6) is 7.73. The van der Waals surface area contributed by atoms with Gasteiger partial charge in [-0.15, -0.1) is 0 Å². The van der Waals surface area contributed by atoms with E-state index in [4.69, 9.17) is 5.84 Å². The maximum absolute atomic E-state index is 5.23. The molecule has 0 aliphatic carbocycles. The molecule has 0 fully saturated rings. The maximum atomic E-state index is 5.23. The van der Waals surface area contributed by atoms with Gasteiger partial charge >= 0.3 is 0 Å². The number of aromatic nitrogens is 2. The summed E-state index contributed by atoms with van der Waals surface area (Å²) >= 11 is 1.81. The first kappa shape index (κ1) is 12.9. The van der Waals surface area contributed by atoms with Gasteiger partial charge in [-0.3, -0.25) is 10.4 Å². The lowest BCUT2D eigenvalue weighted by Crippen LogP contribution is -2.39. The van der Waals surface area contributed by atoms with Crippen molar-refractivity contribution in [3.05, 3.63) is 17.7 Å². The van der Waals surface area contributed by atoms with Crippen molar-refractivity contribution in [3.8, 4) is 0 Å². The van der Waals surface area contributed by atoms with Crippen molar-refractivity contribution in [1.29, 1.82) is 0 Å². The molecule has 0 radical (unpaired) electrons. The third-order valence-electron chi connectivity index (χ3n) is 2.06. The molecule has 6 nitrogen and oxygen atoms in total. The van der Waals surface area contributed by atoms with Gasteiger partial charge in [0, 0.05) is 24.2 Å². The van der Waals surface area contributed by atoms with Crippen molar-refractivity contribution < 1.29 is 0 Å². The van der Waals surface area contributed by atoms with E-state index in [0.717, 1.165) is 23.7 Å². The standard InChI is InChI=1S/C9H18N6S/c1-7-8(14-6-13-7)5-16-4-3-12-9(11-2)15-10/h6H,3-5,10H2,1-2H3,(H,13,14)(H2,11,12,15). The summed E-state index contributed by atoms with van der Waals surface area (Å²) in [4.78, 5) is 11.5. The lowest BCUT2D eigenvalue weighted by molar-refractivity contribution is 0.919. The van der Waals surface area contributed by atoms with Crippen LogP contribution in [0, 0.1) is 6.92 Å². The number of aromatic amines is 1. The van der Waals surface area contributed by atoms with Gasteiger partial charge in [-0.05, 0) is 6.92 Å². The molecule has 0 aliphatic heterocycles. The van der Waals surface area contributed by atoms with Gasteiger partial charge in [0.1, 0.15) is 0 Å². The van der Waals surface area contributed by atoms with Crippen LogP contribution in [0.2, 0.25) is 0 Å². The Morgan fingerprint density at radius 1 is 1.69 bits per heavy atom. The average Bonchev–Trinajstić information content (AvgIpc) is 2.70. The van der Waals surface area contributed by atoms with Crippen LogP contribution in [0.1, 0.15) is 11.4 Å². The van der Waals surface area contributed by atoms with Crippen molar-refractivity contribution in [2.24, 2.45) is 10.8 Å². The molecule has 0 unspecified atom stereocenters. The highest BCUT2D eigenvalue weighted by Gasteiger charge is 1.99. The first-order chi connectivity index (χ1) is 7.77. The summed E-state index contributed by atoms with van der Waals surface area (Å²) in [6, 6.07) is 0. The molecular formula is C9H18N6S. The van der Waals surface area contributed by atoms with E-state index in [1.54, 1.807) is 13.4 Å². The summed E-state index contributed by atoms with van der Waals surface area (Å²) in [5, 5.41) is 2.85. The van der Waals surface area contributed by atoms with Gasteiger partial charge in [-0.2, -0.15) is 11.8 Å². The number of nitrogens with zero attached hydrogens (tertiary/aromatic N) is 2. The number of rotatable bonds is 5. The van der Waals surface area contributed by atoms with Crippen molar-refractivity contribution in [2.45, 2.75) is 12.7 Å². The zero-order valence-corrected chi connectivity index (χ0v) is 10.4. The summed E-state index contributed by atoms with van der Waals surface area (Å²) < 4.78 is 0. The fraction of sp³-hybridized carbons (Fsp3) is 0.556. The highest BCUT2D eigenvalue weighted by atomic mass is 32.2. The smallest absolute Gasteiger partial charge is 0.205 e. The number of hydrogen-bond donors (Lipinski definition) is 4. The van der Waals surface area contributed by atoms with Crippen molar-refractivity contribution in [2.75, 3.05) is 19.3 Å². The van der Waals surface area contributed by atoms with Crippen LogP contribution in [0.4, 0.5) is 0 Å². The second-order valence-corrected chi connectivity index (χ2v) is 4.25. The van der Waals surface area contributed by atoms with Crippen molar-refractivity contribution in [1.82, 2.24) is 20.7 Å². The molecule has 5 N–H and O–H groups in total. The number of guanidine groups is 1. The lowest BCUT2D eigenvalue weighted by atomic mass is 10.4. The third-order valence-corrected chi connectivity index (χ3v) is 3.02. The second-order valence-electron chi connectivity index (χ2n) is 3.14. The number of H-pyrrole nitrogens is 1. The Bertz CT molecular complexity index is 328. The number of aryl methyl sites for hydroxylation is 1. The van der Waals surface area contributed by atoms with E-state index in [1.807, 2.05) is 18.7 Å². The van der Waals surface area contributed by atoms with Gasteiger partial charge in [0.2, 0.25) is 5.96 Å². The van der Waals surface area contributed by atoms with Gasteiger partial charge in [0.25, 0.3) is 0 Å². The van der Waals surface area contributed by atoms with E-state index < -0.39 is 0 Å². The molecule has 1 heterocycles. The minimum Gasteiger partial charge on any atom is -0.358 e. The predicted octanol–water partition coefficient (Wildman–Crippen LogP) is -0.00998. The first-order valence-corrected chi connectivity index (χ1v) is 6.18. The number of hydrazine groups is 1. The Labute approximate surface area is 99.5 Å². The molecule has 0 saturated carbocycles. The first-order valence-electron chi connectivity index (χ1n) is 5.03. The van der Waals surface area contributed by atoms with Crippen LogP contribution in [0.15, 0.2) is 11.3 Å². The number of imidazole rings is 1.